The lowest BCUT2D eigenvalue weighted by atomic mass is 9.94. The summed E-state index contributed by atoms with van der Waals surface area (Å²) in [5, 5.41) is -1.45. The highest BCUT2D eigenvalue weighted by molar-refractivity contribution is 6.79. The van der Waals surface area contributed by atoms with Crippen LogP contribution >= 0.6 is 128 Å². The van der Waals surface area contributed by atoms with E-state index in [1.165, 1.54) is 0 Å². The Balaban J connectivity index is 3.56. The van der Waals surface area contributed by atoms with Crippen LogP contribution in [0.3, 0.4) is 0 Å². The minimum absolute atomic E-state index is 1.45. The van der Waals surface area contributed by atoms with Crippen LogP contribution in [0.25, 0.3) is 0 Å². The molecule has 0 heterocycles. The van der Waals surface area contributed by atoms with Gasteiger partial charge in [0.1, 0.15) is 5.38 Å². The molecule has 11 heteroatoms. The van der Waals surface area contributed by atoms with Crippen molar-refractivity contribution >= 4 is 128 Å². The van der Waals surface area contributed by atoms with Gasteiger partial charge in [0, 0.05) is 0 Å². The van der Waals surface area contributed by atoms with E-state index in [0.717, 1.165) is 0 Å². The molecule has 0 nitrogen and oxygen atoms in total. The number of hydrogen-bond acceptors (Lipinski definition) is 0. The summed E-state index contributed by atoms with van der Waals surface area (Å²) < 4.78 is -10.9. The molecule has 1 rings (SSSR count). The van der Waals surface area contributed by atoms with Gasteiger partial charge in [-0.25, -0.2) is 0 Å². The van der Waals surface area contributed by atoms with Gasteiger partial charge in [-0.3, -0.25) is 0 Å². The zero-order valence-electron chi connectivity index (χ0n) is 7.23. The molecule has 0 aromatic rings. The fraction of sp³-hybridized carbons (Fsp3) is 1.00. The average Bonchev–Trinajstić information content (AvgIpc) is 2.13. The van der Waals surface area contributed by atoms with Crippen molar-refractivity contribution in [2.24, 2.45) is 0 Å². The molecular formula is C6HCl11. The lowest BCUT2D eigenvalue weighted by Crippen LogP contribution is -2.74. The molecule has 0 amide bonds. The van der Waals surface area contributed by atoms with Gasteiger partial charge in [-0.2, -0.15) is 0 Å². The van der Waals surface area contributed by atoms with Gasteiger partial charge < -0.3 is 0 Å². The van der Waals surface area contributed by atoms with Crippen LogP contribution < -0.4 is 0 Å². The normalized spacial score (nSPS) is 33.4. The summed E-state index contributed by atoms with van der Waals surface area (Å²) in [4.78, 5) is 0. The van der Waals surface area contributed by atoms with Gasteiger partial charge in [-0.15, -0.1) is 11.6 Å². The van der Waals surface area contributed by atoms with Crippen LogP contribution in [-0.4, -0.2) is 27.0 Å². The minimum Gasteiger partial charge on any atom is -0.116 e. The first-order valence-electron chi connectivity index (χ1n) is 3.69. The summed E-state index contributed by atoms with van der Waals surface area (Å²) in [6.07, 6.45) is 0. The van der Waals surface area contributed by atoms with Crippen LogP contribution in [0.15, 0.2) is 0 Å². The Morgan fingerprint density at radius 1 is 0.471 bits per heavy atom. The maximum atomic E-state index is 5.93. The molecule has 17 heavy (non-hydrogen) atoms. The molecule has 1 aliphatic carbocycles. The smallest absolute Gasteiger partial charge is 0.116 e. The van der Waals surface area contributed by atoms with Crippen molar-refractivity contribution in [1.82, 2.24) is 0 Å². The lowest BCUT2D eigenvalue weighted by Gasteiger charge is -2.58. The molecular weight excluding hydrogens is 462 g/mol. The molecule has 0 aromatic heterocycles. The van der Waals surface area contributed by atoms with Crippen LogP contribution in [-0.2, 0) is 0 Å². The topological polar surface area (TPSA) is 0 Å². The summed E-state index contributed by atoms with van der Waals surface area (Å²) in [6, 6.07) is 0. The van der Waals surface area contributed by atoms with E-state index in [9.17, 15) is 0 Å². The van der Waals surface area contributed by atoms with Gasteiger partial charge in [0.2, 0.25) is 0 Å². The fourth-order valence-electron chi connectivity index (χ4n) is 1.16. The highest BCUT2D eigenvalue weighted by atomic mass is 35.6. The van der Waals surface area contributed by atoms with Gasteiger partial charge in [0.25, 0.3) is 0 Å². The maximum Gasteiger partial charge on any atom is 0.189 e. The third-order valence-electron chi connectivity index (χ3n) is 2.26. The number of halogens is 11. The van der Waals surface area contributed by atoms with Gasteiger partial charge in [0.05, 0.1) is 0 Å². The van der Waals surface area contributed by atoms with E-state index in [1.807, 2.05) is 0 Å². The summed E-state index contributed by atoms with van der Waals surface area (Å²) in [5.74, 6) is 0. The Kier molecular flexibility index (Phi) is 5.20. The van der Waals surface area contributed by atoms with Crippen molar-refractivity contribution in [3.8, 4) is 0 Å². The van der Waals surface area contributed by atoms with Crippen LogP contribution in [0.4, 0.5) is 0 Å². The van der Waals surface area contributed by atoms with Crippen LogP contribution in [0, 0.1) is 0 Å². The summed E-state index contributed by atoms with van der Waals surface area (Å²) in [6.45, 7) is 0. The van der Waals surface area contributed by atoms with E-state index in [-0.39, 0.29) is 0 Å². The first kappa shape index (κ1) is 18.2. The van der Waals surface area contributed by atoms with E-state index in [4.69, 9.17) is 128 Å². The van der Waals surface area contributed by atoms with E-state index < -0.39 is 27.0 Å². The summed E-state index contributed by atoms with van der Waals surface area (Å²) >= 11 is 65.2. The molecule has 0 aromatic carbocycles. The van der Waals surface area contributed by atoms with Crippen molar-refractivity contribution in [3.05, 3.63) is 0 Å². The zero-order chi connectivity index (χ0) is 14.1. The van der Waals surface area contributed by atoms with Crippen LogP contribution in [0.2, 0.25) is 0 Å². The van der Waals surface area contributed by atoms with E-state index in [0.29, 0.717) is 0 Å². The van der Waals surface area contributed by atoms with Crippen LogP contribution in [0.5, 0.6) is 0 Å². The van der Waals surface area contributed by atoms with Crippen molar-refractivity contribution in [1.29, 1.82) is 0 Å². The molecule has 0 atom stereocenters. The van der Waals surface area contributed by atoms with Crippen molar-refractivity contribution in [2.75, 3.05) is 0 Å². The highest BCUT2D eigenvalue weighted by Crippen LogP contribution is 2.73. The Hall–Kier alpha value is 3.19. The van der Waals surface area contributed by atoms with E-state index in [1.54, 1.807) is 0 Å². The third-order valence-corrected chi connectivity index (χ3v) is 10.4. The third kappa shape index (κ3) is 2.16. The molecule has 0 radical (unpaired) electrons. The quantitative estimate of drug-likeness (QED) is 0.361. The maximum absolute atomic E-state index is 5.93. The van der Waals surface area contributed by atoms with Gasteiger partial charge in [-0.05, 0) is 0 Å². The molecule has 1 aliphatic rings. The highest BCUT2D eigenvalue weighted by Gasteiger charge is 2.82. The van der Waals surface area contributed by atoms with Gasteiger partial charge in [0.15, 0.2) is 21.7 Å². The first-order chi connectivity index (χ1) is 7.15. The zero-order valence-corrected chi connectivity index (χ0v) is 15.6. The van der Waals surface area contributed by atoms with Crippen molar-refractivity contribution in [2.45, 2.75) is 27.0 Å². The van der Waals surface area contributed by atoms with E-state index >= 15 is 0 Å². The predicted octanol–water partition coefficient (Wildman–Crippen LogP) is 6.48. The molecule has 0 saturated heterocycles. The Labute approximate surface area is 153 Å². The van der Waals surface area contributed by atoms with Gasteiger partial charge in [-0.1, -0.05) is 116 Å². The summed E-state index contributed by atoms with van der Waals surface area (Å²) in [5.41, 5.74) is 0. The molecule has 0 spiro atoms. The van der Waals surface area contributed by atoms with Crippen molar-refractivity contribution < 1.29 is 0 Å². The first-order valence-corrected chi connectivity index (χ1v) is 7.90. The van der Waals surface area contributed by atoms with E-state index in [2.05, 4.69) is 0 Å². The Morgan fingerprint density at radius 2 is 0.706 bits per heavy atom. The lowest BCUT2D eigenvalue weighted by molar-refractivity contribution is 0.394. The molecule has 0 N–H and O–H groups in total. The Bertz CT molecular complexity index is 299. The molecule has 0 unspecified atom stereocenters. The number of alkyl halides is 11. The second-order valence-electron chi connectivity index (χ2n) is 3.33. The second kappa shape index (κ2) is 4.85. The van der Waals surface area contributed by atoms with Crippen molar-refractivity contribution in [3.63, 3.8) is 0 Å². The largest absolute Gasteiger partial charge is 0.189 e. The number of hydrogen-bond donors (Lipinski definition) is 0. The molecule has 0 aliphatic heterocycles. The molecule has 102 valence electrons. The predicted molar refractivity (Wildman–Crippen MR) is 81.8 cm³/mol. The molecule has 1 fully saturated rings. The molecule has 0 bridgehead atoms. The SMILES string of the molecule is ClC1C(Cl)(Cl)C(Cl)(Cl)C(Cl)(Cl)C(Cl)(Cl)C1(Cl)Cl. The van der Waals surface area contributed by atoms with Gasteiger partial charge >= 0.3 is 0 Å². The Morgan fingerprint density at radius 3 is 0.941 bits per heavy atom. The average molecular weight is 463 g/mol. The minimum atomic E-state index is -2.29. The molecule has 1 saturated carbocycles. The fourth-order valence-corrected chi connectivity index (χ4v) is 5.34. The standard InChI is InChI=1S/C6HCl11/c7-1-2(8,9)4(12,13)6(16,17)5(14,15)3(1,10)11/h1H. The number of rotatable bonds is 0. The summed E-state index contributed by atoms with van der Waals surface area (Å²) in [7, 11) is 0. The van der Waals surface area contributed by atoms with Crippen LogP contribution in [0.1, 0.15) is 0 Å². The monoisotopic (exact) mass is 458 g/mol. The second-order valence-corrected chi connectivity index (χ2v) is 10.5.